The number of hydrogen-bond acceptors (Lipinski definition) is 4. The number of benzene rings is 3. The minimum absolute atomic E-state index is 0.237. The van der Waals surface area contributed by atoms with Gasteiger partial charge in [-0.25, -0.2) is 4.98 Å². The van der Waals surface area contributed by atoms with Crippen molar-refractivity contribution >= 4 is 22.7 Å². The van der Waals surface area contributed by atoms with Crippen molar-refractivity contribution in [2.75, 3.05) is 0 Å². The minimum atomic E-state index is -0.237. The van der Waals surface area contributed by atoms with Crippen LogP contribution in [0.5, 0.6) is 5.95 Å². The summed E-state index contributed by atoms with van der Waals surface area (Å²) in [5.41, 5.74) is 3.07. The fraction of sp³-hybridized carbons (Fsp3) is 0.0476. The first-order valence-electron chi connectivity index (χ1n) is 7.99. The van der Waals surface area contributed by atoms with Crippen molar-refractivity contribution in [1.29, 1.82) is 0 Å². The van der Waals surface area contributed by atoms with Gasteiger partial charge in [0, 0.05) is 5.56 Å². The van der Waals surface area contributed by atoms with E-state index in [1.165, 1.54) is 6.21 Å². The van der Waals surface area contributed by atoms with Gasteiger partial charge in [-0.3, -0.25) is 4.99 Å². The van der Waals surface area contributed by atoms with Gasteiger partial charge >= 0.3 is 5.95 Å². The van der Waals surface area contributed by atoms with E-state index in [2.05, 4.69) is 9.98 Å². The fourth-order valence-electron chi connectivity index (χ4n) is 2.78. The lowest BCUT2D eigenvalue weighted by atomic mass is 10.0. The molecule has 1 heterocycles. The third-order valence-corrected chi connectivity index (χ3v) is 3.99. The van der Waals surface area contributed by atoms with Gasteiger partial charge in [0.15, 0.2) is 5.69 Å². The van der Waals surface area contributed by atoms with Gasteiger partial charge in [0.1, 0.15) is 0 Å². The molecule has 1 aromatic heterocycles. The molecule has 4 nitrogen and oxygen atoms in total. The number of aliphatic imine (C=N–C) groups is 1. The summed E-state index contributed by atoms with van der Waals surface area (Å²) < 4.78 is 5.47. The summed E-state index contributed by atoms with van der Waals surface area (Å²) >= 11 is 0. The van der Waals surface area contributed by atoms with Gasteiger partial charge in [0.05, 0.1) is 11.9 Å². The predicted octanol–water partition coefficient (Wildman–Crippen LogP) is 5.26. The van der Waals surface area contributed by atoms with Crippen LogP contribution in [0, 0.1) is 6.92 Å². The molecule has 0 amide bonds. The molecule has 1 N–H and O–H groups in total. The van der Waals surface area contributed by atoms with Crippen LogP contribution in [0.1, 0.15) is 11.3 Å². The maximum absolute atomic E-state index is 10.1. The Hall–Kier alpha value is -3.40. The molecule has 4 aromatic rings. The standard InChI is InChI=1S/C21H16N2O2/c1-14-6-4-9-16(12-14)22-13-19-21(24)25-20(23-19)18-11-5-8-15-7-2-3-10-17(15)18/h2-13,24H,1H3. The van der Waals surface area contributed by atoms with Crippen molar-refractivity contribution in [3.8, 4) is 17.4 Å². The minimum Gasteiger partial charge on any atom is -0.479 e. The topological polar surface area (TPSA) is 58.6 Å². The van der Waals surface area contributed by atoms with E-state index in [0.717, 1.165) is 27.6 Å². The third-order valence-electron chi connectivity index (χ3n) is 3.99. The Balaban J connectivity index is 1.73. The summed E-state index contributed by atoms with van der Waals surface area (Å²) in [5.74, 6) is 0.138. The molecule has 25 heavy (non-hydrogen) atoms. The molecule has 0 bridgehead atoms. The van der Waals surface area contributed by atoms with E-state index in [1.807, 2.05) is 73.7 Å². The average molecular weight is 328 g/mol. The van der Waals surface area contributed by atoms with Crippen LogP contribution in [0.2, 0.25) is 0 Å². The molecule has 0 aliphatic heterocycles. The van der Waals surface area contributed by atoms with Crippen molar-refractivity contribution < 1.29 is 9.52 Å². The van der Waals surface area contributed by atoms with E-state index >= 15 is 0 Å². The molecule has 0 aliphatic rings. The van der Waals surface area contributed by atoms with Gasteiger partial charge in [-0.15, -0.1) is 0 Å². The number of aryl methyl sites for hydroxylation is 1. The Morgan fingerprint density at radius 1 is 1.00 bits per heavy atom. The second-order valence-corrected chi connectivity index (χ2v) is 5.83. The lowest BCUT2D eigenvalue weighted by Gasteiger charge is -2.01. The quantitative estimate of drug-likeness (QED) is 0.522. The van der Waals surface area contributed by atoms with E-state index in [4.69, 9.17) is 4.42 Å². The van der Waals surface area contributed by atoms with Crippen molar-refractivity contribution in [2.24, 2.45) is 4.99 Å². The van der Waals surface area contributed by atoms with Gasteiger partial charge in [-0.2, -0.15) is 0 Å². The van der Waals surface area contributed by atoms with Crippen LogP contribution in [0.4, 0.5) is 5.69 Å². The molecular formula is C21H16N2O2. The number of nitrogens with zero attached hydrogens (tertiary/aromatic N) is 2. The summed E-state index contributed by atoms with van der Waals surface area (Å²) in [6.45, 7) is 2.01. The van der Waals surface area contributed by atoms with Crippen LogP contribution in [-0.2, 0) is 0 Å². The molecule has 0 spiro atoms. The highest BCUT2D eigenvalue weighted by Crippen LogP contribution is 2.31. The van der Waals surface area contributed by atoms with Gasteiger partial charge in [0.25, 0.3) is 0 Å². The number of aromatic nitrogens is 1. The Morgan fingerprint density at radius 3 is 2.68 bits per heavy atom. The summed E-state index contributed by atoms with van der Waals surface area (Å²) in [7, 11) is 0. The van der Waals surface area contributed by atoms with Crippen molar-refractivity contribution in [1.82, 2.24) is 4.98 Å². The van der Waals surface area contributed by atoms with Gasteiger partial charge in [0.2, 0.25) is 5.89 Å². The number of fused-ring (bicyclic) bond motifs is 1. The summed E-state index contributed by atoms with van der Waals surface area (Å²) in [6, 6.07) is 21.7. The normalized spacial score (nSPS) is 11.4. The number of aromatic hydroxyl groups is 1. The highest BCUT2D eigenvalue weighted by Gasteiger charge is 2.14. The number of rotatable bonds is 3. The Bertz CT molecular complexity index is 1070. The zero-order chi connectivity index (χ0) is 17.2. The Labute approximate surface area is 145 Å². The van der Waals surface area contributed by atoms with Crippen LogP contribution >= 0.6 is 0 Å². The molecule has 3 aromatic carbocycles. The maximum Gasteiger partial charge on any atom is 0.312 e. The highest BCUT2D eigenvalue weighted by atomic mass is 16.5. The second kappa shape index (κ2) is 6.24. The van der Waals surface area contributed by atoms with E-state index in [1.54, 1.807) is 0 Å². The Kier molecular flexibility index (Phi) is 3.78. The van der Waals surface area contributed by atoms with Gasteiger partial charge in [-0.1, -0.05) is 48.5 Å². The molecule has 0 saturated carbocycles. The second-order valence-electron chi connectivity index (χ2n) is 5.83. The van der Waals surface area contributed by atoms with Gasteiger partial charge in [-0.05, 0) is 41.5 Å². The average Bonchev–Trinajstić information content (AvgIpc) is 3.00. The van der Waals surface area contributed by atoms with E-state index in [-0.39, 0.29) is 5.95 Å². The zero-order valence-corrected chi connectivity index (χ0v) is 13.7. The van der Waals surface area contributed by atoms with Crippen LogP contribution < -0.4 is 0 Å². The highest BCUT2D eigenvalue weighted by molar-refractivity contribution is 5.95. The van der Waals surface area contributed by atoms with E-state index in [0.29, 0.717) is 11.6 Å². The molecular weight excluding hydrogens is 312 g/mol. The number of oxazole rings is 1. The molecule has 0 atom stereocenters. The predicted molar refractivity (Wildman–Crippen MR) is 99.5 cm³/mol. The van der Waals surface area contributed by atoms with Crippen LogP contribution in [-0.4, -0.2) is 16.3 Å². The molecule has 4 rings (SSSR count). The molecule has 0 unspecified atom stereocenters. The molecule has 0 aliphatic carbocycles. The van der Waals surface area contributed by atoms with E-state index < -0.39 is 0 Å². The molecule has 4 heteroatoms. The van der Waals surface area contributed by atoms with Crippen LogP contribution in [0.25, 0.3) is 22.2 Å². The van der Waals surface area contributed by atoms with E-state index in [9.17, 15) is 5.11 Å². The molecule has 122 valence electrons. The zero-order valence-electron chi connectivity index (χ0n) is 13.7. The smallest absolute Gasteiger partial charge is 0.312 e. The first kappa shape index (κ1) is 15.1. The SMILES string of the molecule is Cc1cccc(N=Cc2nc(-c3cccc4ccccc34)oc2O)c1. The fourth-order valence-corrected chi connectivity index (χ4v) is 2.78. The first-order chi connectivity index (χ1) is 12.2. The van der Waals surface area contributed by atoms with Crippen molar-refractivity contribution in [3.05, 3.63) is 78.0 Å². The van der Waals surface area contributed by atoms with Crippen LogP contribution in [0.15, 0.2) is 76.1 Å². The molecule has 0 saturated heterocycles. The Morgan fingerprint density at radius 2 is 1.80 bits per heavy atom. The van der Waals surface area contributed by atoms with Crippen molar-refractivity contribution in [3.63, 3.8) is 0 Å². The largest absolute Gasteiger partial charge is 0.479 e. The lowest BCUT2D eigenvalue weighted by Crippen LogP contribution is -1.84. The maximum atomic E-state index is 10.1. The van der Waals surface area contributed by atoms with Crippen molar-refractivity contribution in [2.45, 2.75) is 6.92 Å². The monoisotopic (exact) mass is 328 g/mol. The van der Waals surface area contributed by atoms with Crippen LogP contribution in [0.3, 0.4) is 0 Å². The summed E-state index contributed by atoms with van der Waals surface area (Å²) in [5, 5.41) is 12.2. The lowest BCUT2D eigenvalue weighted by molar-refractivity contribution is 0.337. The first-order valence-corrected chi connectivity index (χ1v) is 7.99. The molecule has 0 fully saturated rings. The third kappa shape index (κ3) is 3.02. The number of hydrogen-bond donors (Lipinski definition) is 1. The molecule has 0 radical (unpaired) electrons. The van der Waals surface area contributed by atoms with Gasteiger partial charge < -0.3 is 9.52 Å². The summed E-state index contributed by atoms with van der Waals surface area (Å²) in [6.07, 6.45) is 1.52. The summed E-state index contributed by atoms with van der Waals surface area (Å²) in [4.78, 5) is 8.76.